The fraction of sp³-hybridized carbons (Fsp3) is 0.238. The lowest BCUT2D eigenvalue weighted by Gasteiger charge is -2.16. The van der Waals surface area contributed by atoms with Gasteiger partial charge < -0.3 is 15.5 Å². The van der Waals surface area contributed by atoms with Crippen molar-refractivity contribution < 1.29 is 26.4 Å². The van der Waals surface area contributed by atoms with Crippen LogP contribution in [-0.4, -0.2) is 42.6 Å². The van der Waals surface area contributed by atoms with Gasteiger partial charge in [-0.25, -0.2) is 18.4 Å². The monoisotopic (exact) mass is 507 g/mol. The number of carbonyl (C=O) groups excluding carboxylic acids is 1. The molecule has 3 N–H and O–H groups in total. The summed E-state index contributed by atoms with van der Waals surface area (Å²) in [5.41, 5.74) is 1.25. The fourth-order valence-electron chi connectivity index (χ4n) is 3.49. The number of pyridine rings is 1. The predicted octanol–water partition coefficient (Wildman–Crippen LogP) is 3.14. The number of anilines is 5. The molecule has 0 spiro atoms. The molecule has 0 saturated heterocycles. The first kappa shape index (κ1) is 24.2. The molecule has 0 aliphatic carbocycles. The molecule has 1 amide bonds. The van der Waals surface area contributed by atoms with Crippen molar-refractivity contribution in [3.63, 3.8) is 0 Å². The van der Waals surface area contributed by atoms with Crippen LogP contribution in [0.25, 0.3) is 0 Å². The highest BCUT2D eigenvalue weighted by Gasteiger charge is 2.35. The van der Waals surface area contributed by atoms with Crippen LogP contribution >= 0.6 is 0 Å². The van der Waals surface area contributed by atoms with Gasteiger partial charge in [0.2, 0.25) is 21.9 Å². The van der Waals surface area contributed by atoms with E-state index in [2.05, 4.69) is 30.3 Å². The van der Waals surface area contributed by atoms with Crippen LogP contribution in [0.5, 0.6) is 0 Å². The highest BCUT2D eigenvalue weighted by molar-refractivity contribution is 7.92. The van der Waals surface area contributed by atoms with Gasteiger partial charge in [0.1, 0.15) is 17.2 Å². The largest absolute Gasteiger partial charge is 0.421 e. The SMILES string of the molecule is CN1C(=O)Cc2cc(Nc3ncc(C(F)(F)F)c(NCc4cccnc4NS(C)(=O)=O)n3)ccc21. The molecule has 3 heterocycles. The predicted molar refractivity (Wildman–Crippen MR) is 124 cm³/mol. The minimum Gasteiger partial charge on any atom is -0.365 e. The molecule has 1 aromatic carbocycles. The lowest BCUT2D eigenvalue weighted by atomic mass is 10.1. The molecule has 14 heteroatoms. The third kappa shape index (κ3) is 5.59. The Kier molecular flexibility index (Phi) is 6.23. The molecule has 0 bridgehead atoms. The topological polar surface area (TPSA) is 129 Å². The van der Waals surface area contributed by atoms with Crippen LogP contribution in [-0.2, 0) is 34.0 Å². The van der Waals surface area contributed by atoms with Crippen molar-refractivity contribution in [3.05, 3.63) is 59.4 Å². The summed E-state index contributed by atoms with van der Waals surface area (Å²) in [7, 11) is -1.98. The first-order chi connectivity index (χ1) is 16.4. The van der Waals surface area contributed by atoms with E-state index in [0.717, 1.165) is 17.5 Å². The molecular formula is C21H20F3N7O3S. The summed E-state index contributed by atoms with van der Waals surface area (Å²) in [5.74, 6) is -0.672. The number of sulfonamides is 1. The number of hydrogen-bond donors (Lipinski definition) is 3. The number of benzene rings is 1. The minimum atomic E-state index is -4.73. The molecular weight excluding hydrogens is 487 g/mol. The van der Waals surface area contributed by atoms with Crippen LogP contribution in [0.1, 0.15) is 16.7 Å². The van der Waals surface area contributed by atoms with Gasteiger partial charge in [-0.1, -0.05) is 6.07 Å². The van der Waals surface area contributed by atoms with Crippen LogP contribution < -0.4 is 20.3 Å². The van der Waals surface area contributed by atoms with Crippen molar-refractivity contribution in [2.45, 2.75) is 19.1 Å². The van der Waals surface area contributed by atoms with E-state index in [1.165, 1.54) is 23.2 Å². The number of hydrogen-bond acceptors (Lipinski definition) is 8. The number of halogens is 3. The zero-order chi connectivity index (χ0) is 25.4. The highest BCUT2D eigenvalue weighted by atomic mass is 32.2. The number of aromatic nitrogens is 3. The summed E-state index contributed by atoms with van der Waals surface area (Å²) in [4.78, 5) is 25.1. The van der Waals surface area contributed by atoms with E-state index in [9.17, 15) is 26.4 Å². The maximum absolute atomic E-state index is 13.6. The lowest BCUT2D eigenvalue weighted by molar-refractivity contribution is -0.137. The quantitative estimate of drug-likeness (QED) is 0.445. The van der Waals surface area contributed by atoms with E-state index in [0.29, 0.717) is 17.4 Å². The lowest BCUT2D eigenvalue weighted by Crippen LogP contribution is -2.20. The van der Waals surface area contributed by atoms with E-state index >= 15 is 0 Å². The summed E-state index contributed by atoms with van der Waals surface area (Å²) in [5, 5.41) is 5.46. The van der Waals surface area contributed by atoms with Gasteiger partial charge in [0, 0.05) is 42.9 Å². The molecule has 1 aliphatic rings. The van der Waals surface area contributed by atoms with Crippen molar-refractivity contribution in [2.24, 2.45) is 0 Å². The van der Waals surface area contributed by atoms with Gasteiger partial charge in [0.25, 0.3) is 0 Å². The van der Waals surface area contributed by atoms with Crippen molar-refractivity contribution in [1.82, 2.24) is 15.0 Å². The van der Waals surface area contributed by atoms with E-state index in [4.69, 9.17) is 0 Å². The Morgan fingerprint density at radius 1 is 1.14 bits per heavy atom. The number of alkyl halides is 3. The molecule has 184 valence electrons. The van der Waals surface area contributed by atoms with Crippen LogP contribution in [0.3, 0.4) is 0 Å². The average Bonchev–Trinajstić information content (AvgIpc) is 3.04. The van der Waals surface area contributed by atoms with Crippen molar-refractivity contribution in [2.75, 3.05) is 33.6 Å². The molecule has 0 fully saturated rings. The maximum Gasteiger partial charge on any atom is 0.421 e. The number of rotatable bonds is 7. The van der Waals surface area contributed by atoms with Crippen molar-refractivity contribution in [3.8, 4) is 0 Å². The van der Waals surface area contributed by atoms with Crippen LogP contribution in [0, 0.1) is 0 Å². The van der Waals surface area contributed by atoms with Gasteiger partial charge in [-0.05, 0) is 29.8 Å². The number of carbonyl (C=O) groups is 1. The van der Waals surface area contributed by atoms with Gasteiger partial charge in [0.05, 0.1) is 12.7 Å². The van der Waals surface area contributed by atoms with Gasteiger partial charge in [-0.15, -0.1) is 0 Å². The first-order valence-corrected chi connectivity index (χ1v) is 12.1. The summed E-state index contributed by atoms with van der Waals surface area (Å²) in [6, 6.07) is 8.15. The van der Waals surface area contributed by atoms with Crippen LogP contribution in [0.4, 0.5) is 42.1 Å². The van der Waals surface area contributed by atoms with Crippen molar-refractivity contribution in [1.29, 1.82) is 0 Å². The smallest absolute Gasteiger partial charge is 0.365 e. The number of nitrogens with zero attached hydrogens (tertiary/aromatic N) is 4. The number of nitrogens with one attached hydrogen (secondary N) is 3. The van der Waals surface area contributed by atoms with Gasteiger partial charge >= 0.3 is 6.18 Å². The van der Waals surface area contributed by atoms with E-state index in [-0.39, 0.29) is 30.6 Å². The van der Waals surface area contributed by atoms with E-state index in [1.807, 2.05) is 0 Å². The second kappa shape index (κ2) is 9.02. The van der Waals surface area contributed by atoms with Gasteiger partial charge in [0.15, 0.2) is 0 Å². The van der Waals surface area contributed by atoms with Crippen molar-refractivity contribution >= 4 is 44.9 Å². The van der Waals surface area contributed by atoms with Gasteiger partial charge in [-0.3, -0.25) is 9.52 Å². The third-order valence-electron chi connectivity index (χ3n) is 5.13. The Morgan fingerprint density at radius 3 is 2.63 bits per heavy atom. The normalized spacial score (nSPS) is 13.5. The summed E-state index contributed by atoms with van der Waals surface area (Å²) in [6.07, 6.45) is -1.57. The Morgan fingerprint density at radius 2 is 1.91 bits per heavy atom. The maximum atomic E-state index is 13.6. The van der Waals surface area contributed by atoms with Crippen LogP contribution in [0.15, 0.2) is 42.7 Å². The summed E-state index contributed by atoms with van der Waals surface area (Å²) >= 11 is 0. The Bertz CT molecular complexity index is 1400. The molecule has 1 aliphatic heterocycles. The first-order valence-electron chi connectivity index (χ1n) is 10.2. The fourth-order valence-corrected chi connectivity index (χ4v) is 4.02. The Hall–Kier alpha value is -3.94. The molecule has 0 radical (unpaired) electrons. The van der Waals surface area contributed by atoms with Crippen LogP contribution in [0.2, 0.25) is 0 Å². The molecule has 0 unspecified atom stereocenters. The molecule has 4 rings (SSSR count). The number of fused-ring (bicyclic) bond motifs is 1. The number of likely N-dealkylation sites (N-methyl/N-ethyl adjacent to an activating group) is 1. The molecule has 0 saturated carbocycles. The second-order valence-corrected chi connectivity index (χ2v) is 9.54. The number of amides is 1. The van der Waals surface area contributed by atoms with E-state index in [1.54, 1.807) is 25.2 Å². The standard InChI is InChI=1S/C21H20F3N7O3S/c1-31-16-6-5-14(8-13(16)9-17(31)32)28-20-27-11-15(21(22,23)24)19(29-20)26-10-12-4-3-7-25-18(12)30-35(2,33)34/h3-8,11H,9-10H2,1-2H3,(H,25,30)(H2,26,27,28,29). The highest BCUT2D eigenvalue weighted by Crippen LogP contribution is 2.35. The zero-order valence-electron chi connectivity index (χ0n) is 18.5. The zero-order valence-corrected chi connectivity index (χ0v) is 19.3. The third-order valence-corrected chi connectivity index (χ3v) is 5.69. The Balaban J connectivity index is 1.59. The minimum absolute atomic E-state index is 0.0129. The molecule has 35 heavy (non-hydrogen) atoms. The molecule has 10 nitrogen and oxygen atoms in total. The van der Waals surface area contributed by atoms with Gasteiger partial charge in [-0.2, -0.15) is 18.2 Å². The molecule has 3 aromatic rings. The Labute approximate surface area is 198 Å². The summed E-state index contributed by atoms with van der Waals surface area (Å²) < 4.78 is 66.1. The van der Waals surface area contributed by atoms with E-state index < -0.39 is 27.6 Å². The molecule has 2 aromatic heterocycles. The second-order valence-electron chi connectivity index (χ2n) is 7.79. The average molecular weight is 507 g/mol. The molecule has 0 atom stereocenters. The summed E-state index contributed by atoms with van der Waals surface area (Å²) in [6.45, 7) is -0.196.